The predicted molar refractivity (Wildman–Crippen MR) is 96.3 cm³/mol. The summed E-state index contributed by atoms with van der Waals surface area (Å²) in [7, 11) is 3.66. The lowest BCUT2D eigenvalue weighted by Crippen LogP contribution is -2.50. The number of aliphatic carboxylic acids is 1. The summed E-state index contributed by atoms with van der Waals surface area (Å²) in [6.07, 6.45) is 10.1. The van der Waals surface area contributed by atoms with Crippen molar-refractivity contribution >= 4 is 11.9 Å². The summed E-state index contributed by atoms with van der Waals surface area (Å²) in [4.78, 5) is 26.4. The first-order chi connectivity index (χ1) is 11.9. The van der Waals surface area contributed by atoms with Crippen molar-refractivity contribution in [3.8, 4) is 0 Å². The van der Waals surface area contributed by atoms with E-state index in [0.29, 0.717) is 6.42 Å². The Balaban J connectivity index is 1.99. The molecule has 0 aromatic rings. The molecule has 6 heteroatoms. The fraction of sp³-hybridized carbons (Fsp3) is 0.684. The first-order valence-electron chi connectivity index (χ1n) is 9.05. The molecule has 2 N–H and O–H groups in total. The molecule has 0 bridgehead atoms. The van der Waals surface area contributed by atoms with Crippen molar-refractivity contribution in [2.45, 2.75) is 57.2 Å². The SMILES string of the molecule is COC(C(C)C(=O)NC(CC1=CCCC=C1)C(=O)O)C1CCCN1C. The Labute approximate surface area is 149 Å². The van der Waals surface area contributed by atoms with E-state index in [2.05, 4.69) is 10.2 Å². The van der Waals surface area contributed by atoms with Gasteiger partial charge in [-0.1, -0.05) is 25.2 Å². The van der Waals surface area contributed by atoms with E-state index < -0.39 is 17.9 Å². The van der Waals surface area contributed by atoms with Crippen LogP contribution in [0, 0.1) is 5.92 Å². The van der Waals surface area contributed by atoms with Crippen molar-refractivity contribution in [3.63, 3.8) is 0 Å². The third-order valence-electron chi connectivity index (χ3n) is 5.26. The minimum atomic E-state index is -1.01. The van der Waals surface area contributed by atoms with Crippen LogP contribution in [0.4, 0.5) is 0 Å². The maximum atomic E-state index is 12.7. The monoisotopic (exact) mass is 350 g/mol. The summed E-state index contributed by atoms with van der Waals surface area (Å²) >= 11 is 0. The lowest BCUT2D eigenvalue weighted by Gasteiger charge is -2.32. The highest BCUT2D eigenvalue weighted by Gasteiger charge is 2.37. The molecule has 0 aromatic heterocycles. The zero-order valence-electron chi connectivity index (χ0n) is 15.4. The number of rotatable bonds is 8. The lowest BCUT2D eigenvalue weighted by molar-refractivity contribution is -0.143. The Morgan fingerprint density at radius 1 is 1.44 bits per heavy atom. The number of methoxy groups -OCH3 is 1. The quantitative estimate of drug-likeness (QED) is 0.700. The fourth-order valence-corrected chi connectivity index (χ4v) is 3.75. The molecule has 0 saturated carbocycles. The summed E-state index contributed by atoms with van der Waals surface area (Å²) in [6.45, 7) is 2.81. The van der Waals surface area contributed by atoms with Gasteiger partial charge in [-0.25, -0.2) is 4.79 Å². The molecule has 1 aliphatic carbocycles. The number of likely N-dealkylation sites (N-methyl/N-ethyl adjacent to an activating group) is 1. The molecule has 4 atom stereocenters. The van der Waals surface area contributed by atoms with Crippen LogP contribution >= 0.6 is 0 Å². The Kier molecular flexibility index (Phi) is 7.20. The van der Waals surface area contributed by atoms with Crippen molar-refractivity contribution in [2.24, 2.45) is 5.92 Å². The Bertz CT molecular complexity index is 544. The molecule has 6 nitrogen and oxygen atoms in total. The molecule has 1 fully saturated rings. The number of amides is 1. The number of likely N-dealkylation sites (tertiary alicyclic amines) is 1. The number of hydrogen-bond acceptors (Lipinski definition) is 4. The average molecular weight is 350 g/mol. The predicted octanol–water partition coefficient (Wildman–Crippen LogP) is 1.97. The van der Waals surface area contributed by atoms with Gasteiger partial charge in [-0.15, -0.1) is 0 Å². The number of carbonyl (C=O) groups excluding carboxylic acids is 1. The van der Waals surface area contributed by atoms with Crippen LogP contribution in [0.15, 0.2) is 23.8 Å². The maximum Gasteiger partial charge on any atom is 0.326 e. The molecule has 0 radical (unpaired) electrons. The molecule has 1 heterocycles. The Hall–Kier alpha value is -1.66. The van der Waals surface area contributed by atoms with E-state index in [1.54, 1.807) is 7.11 Å². The second kappa shape index (κ2) is 9.15. The van der Waals surface area contributed by atoms with Gasteiger partial charge in [0.15, 0.2) is 0 Å². The summed E-state index contributed by atoms with van der Waals surface area (Å²) < 4.78 is 5.61. The van der Waals surface area contributed by atoms with Gasteiger partial charge < -0.3 is 20.1 Å². The Morgan fingerprint density at radius 2 is 2.20 bits per heavy atom. The van der Waals surface area contributed by atoms with Gasteiger partial charge in [0.25, 0.3) is 0 Å². The highest BCUT2D eigenvalue weighted by Crippen LogP contribution is 2.25. The zero-order chi connectivity index (χ0) is 18.4. The number of nitrogens with one attached hydrogen (secondary N) is 1. The van der Waals surface area contributed by atoms with Crippen LogP contribution in [0.3, 0.4) is 0 Å². The minimum Gasteiger partial charge on any atom is -0.480 e. The number of carboxylic acid groups (broad SMARTS) is 1. The summed E-state index contributed by atoms with van der Waals surface area (Å²) in [5.74, 6) is -1.68. The van der Waals surface area contributed by atoms with E-state index >= 15 is 0 Å². The van der Waals surface area contributed by atoms with Gasteiger partial charge in [-0.3, -0.25) is 4.79 Å². The zero-order valence-corrected chi connectivity index (χ0v) is 15.4. The third kappa shape index (κ3) is 5.16. The normalized spacial score (nSPS) is 24.4. The summed E-state index contributed by atoms with van der Waals surface area (Å²) in [6, 6.07) is -0.722. The van der Waals surface area contributed by atoms with E-state index in [4.69, 9.17) is 4.74 Å². The van der Waals surface area contributed by atoms with Crippen molar-refractivity contribution < 1.29 is 19.4 Å². The third-order valence-corrected chi connectivity index (χ3v) is 5.26. The van der Waals surface area contributed by atoms with Gasteiger partial charge in [0.2, 0.25) is 5.91 Å². The van der Waals surface area contributed by atoms with E-state index in [9.17, 15) is 14.7 Å². The van der Waals surface area contributed by atoms with Gasteiger partial charge in [0.05, 0.1) is 12.0 Å². The van der Waals surface area contributed by atoms with E-state index in [1.165, 1.54) is 0 Å². The highest BCUT2D eigenvalue weighted by molar-refractivity contribution is 5.85. The first-order valence-corrected chi connectivity index (χ1v) is 9.05. The van der Waals surface area contributed by atoms with Crippen molar-refractivity contribution in [2.75, 3.05) is 20.7 Å². The van der Waals surface area contributed by atoms with Gasteiger partial charge in [0, 0.05) is 19.6 Å². The topological polar surface area (TPSA) is 78.9 Å². The van der Waals surface area contributed by atoms with Crippen LogP contribution in [0.2, 0.25) is 0 Å². The van der Waals surface area contributed by atoms with Gasteiger partial charge >= 0.3 is 5.97 Å². The lowest BCUT2D eigenvalue weighted by atomic mass is 9.94. The van der Waals surface area contributed by atoms with Crippen LogP contribution < -0.4 is 5.32 Å². The molecular formula is C19H30N2O4. The second-order valence-electron chi connectivity index (χ2n) is 7.04. The van der Waals surface area contributed by atoms with Crippen LogP contribution in [-0.2, 0) is 14.3 Å². The van der Waals surface area contributed by atoms with Crippen LogP contribution in [0.25, 0.3) is 0 Å². The van der Waals surface area contributed by atoms with Crippen molar-refractivity contribution in [1.82, 2.24) is 10.2 Å². The molecule has 140 valence electrons. The molecule has 4 unspecified atom stereocenters. The number of ether oxygens (including phenoxy) is 1. The average Bonchev–Trinajstić information content (AvgIpc) is 3.01. The second-order valence-corrected chi connectivity index (χ2v) is 7.04. The van der Waals surface area contributed by atoms with Gasteiger partial charge in [0.1, 0.15) is 6.04 Å². The number of carbonyl (C=O) groups is 2. The Morgan fingerprint density at radius 3 is 2.72 bits per heavy atom. The van der Waals surface area contributed by atoms with E-state index in [1.807, 2.05) is 32.2 Å². The van der Waals surface area contributed by atoms with Gasteiger partial charge in [-0.05, 0) is 44.8 Å². The molecule has 1 amide bonds. The van der Waals surface area contributed by atoms with E-state index in [-0.39, 0.29) is 18.1 Å². The fourth-order valence-electron chi connectivity index (χ4n) is 3.75. The summed E-state index contributed by atoms with van der Waals surface area (Å²) in [5, 5.41) is 12.2. The van der Waals surface area contributed by atoms with Crippen molar-refractivity contribution in [1.29, 1.82) is 0 Å². The van der Waals surface area contributed by atoms with E-state index in [0.717, 1.165) is 37.8 Å². The first kappa shape index (κ1) is 19.7. The number of hydrogen-bond donors (Lipinski definition) is 2. The molecular weight excluding hydrogens is 320 g/mol. The minimum absolute atomic E-state index is 0.193. The maximum absolute atomic E-state index is 12.7. The molecule has 2 aliphatic rings. The highest BCUT2D eigenvalue weighted by atomic mass is 16.5. The largest absolute Gasteiger partial charge is 0.480 e. The molecule has 1 saturated heterocycles. The van der Waals surface area contributed by atoms with Crippen LogP contribution in [-0.4, -0.2) is 60.8 Å². The number of carboxylic acids is 1. The summed E-state index contributed by atoms with van der Waals surface area (Å²) in [5.41, 5.74) is 0.963. The van der Waals surface area contributed by atoms with Crippen LogP contribution in [0.1, 0.15) is 39.0 Å². The molecule has 2 rings (SSSR count). The van der Waals surface area contributed by atoms with Crippen molar-refractivity contribution in [3.05, 3.63) is 23.8 Å². The van der Waals surface area contributed by atoms with Crippen LogP contribution in [0.5, 0.6) is 0 Å². The number of nitrogens with zero attached hydrogens (tertiary/aromatic N) is 1. The van der Waals surface area contributed by atoms with Gasteiger partial charge in [-0.2, -0.15) is 0 Å². The molecule has 0 spiro atoms. The molecule has 0 aromatic carbocycles. The molecule has 1 aliphatic heterocycles. The molecule has 25 heavy (non-hydrogen) atoms. The standard InChI is InChI=1S/C19H30N2O4/c1-13(17(25-3)16-10-7-11-21(16)2)18(22)20-15(19(23)24)12-14-8-5-4-6-9-14/h5,8-9,13,15-17H,4,6-7,10-12H2,1-3H3,(H,20,22)(H,23,24). The number of allylic oxidation sites excluding steroid dienone is 3. The smallest absolute Gasteiger partial charge is 0.326 e.